The third kappa shape index (κ3) is 1.52. The lowest BCUT2D eigenvalue weighted by Gasteiger charge is -2.18. The Labute approximate surface area is 87.7 Å². The van der Waals surface area contributed by atoms with Gasteiger partial charge in [0.15, 0.2) is 6.10 Å². The van der Waals surface area contributed by atoms with Gasteiger partial charge in [-0.15, -0.1) is 0 Å². The van der Waals surface area contributed by atoms with E-state index in [1.807, 2.05) is 13.2 Å². The summed E-state index contributed by atoms with van der Waals surface area (Å²) in [6, 6.07) is 0. The zero-order chi connectivity index (χ0) is 11.1. The fraction of sp³-hybridized carbons (Fsp3) is 0.600. The number of esters is 1. The molecule has 1 heterocycles. The molecule has 1 atom stereocenters. The van der Waals surface area contributed by atoms with Crippen LogP contribution in [0, 0.1) is 0 Å². The summed E-state index contributed by atoms with van der Waals surface area (Å²) in [5.41, 5.74) is 0.448. The molecule has 0 radical (unpaired) electrons. The molecule has 1 unspecified atom stereocenters. The van der Waals surface area contributed by atoms with E-state index in [0.29, 0.717) is 0 Å². The van der Waals surface area contributed by atoms with Gasteiger partial charge in [0, 0.05) is 18.7 Å². The normalized spacial score (nSPS) is 19.7. The zero-order valence-electron chi connectivity index (χ0n) is 8.80. The summed E-state index contributed by atoms with van der Waals surface area (Å²) in [5.74, 6) is -0.573. The highest BCUT2D eigenvalue weighted by molar-refractivity contribution is 5.77. The summed E-state index contributed by atoms with van der Waals surface area (Å²) in [6.45, 7) is 0. The number of hydrogen-bond donors (Lipinski definition) is 1. The first-order chi connectivity index (χ1) is 7.10. The van der Waals surface area contributed by atoms with Crippen molar-refractivity contribution in [3.05, 3.63) is 18.0 Å². The van der Waals surface area contributed by atoms with Crippen LogP contribution < -0.4 is 0 Å². The number of rotatable bonds is 3. The number of carbonyl (C=O) groups is 1. The minimum absolute atomic E-state index is 0.457. The molecule has 0 aromatic carbocycles. The molecule has 1 saturated carbocycles. The van der Waals surface area contributed by atoms with Gasteiger partial charge in [-0.3, -0.25) is 4.68 Å². The van der Waals surface area contributed by atoms with Crippen molar-refractivity contribution in [2.24, 2.45) is 7.05 Å². The molecule has 2 rings (SSSR count). The van der Waals surface area contributed by atoms with E-state index in [1.54, 1.807) is 10.9 Å². The van der Waals surface area contributed by atoms with Crippen molar-refractivity contribution >= 4 is 5.97 Å². The van der Waals surface area contributed by atoms with Crippen LogP contribution in [-0.2, 0) is 22.0 Å². The van der Waals surface area contributed by atoms with Crippen LogP contribution in [0.4, 0.5) is 0 Å². The molecular formula is C10H14N2O3. The van der Waals surface area contributed by atoms with Crippen molar-refractivity contribution in [2.75, 3.05) is 7.11 Å². The molecule has 1 fully saturated rings. The molecule has 1 N–H and O–H groups in total. The first-order valence-corrected chi connectivity index (χ1v) is 4.85. The van der Waals surface area contributed by atoms with E-state index in [0.717, 1.165) is 18.4 Å². The minimum atomic E-state index is -1.08. The maximum Gasteiger partial charge on any atom is 0.335 e. The van der Waals surface area contributed by atoms with Crippen LogP contribution in [0.2, 0.25) is 0 Å². The average molecular weight is 210 g/mol. The second kappa shape index (κ2) is 3.34. The van der Waals surface area contributed by atoms with Crippen LogP contribution >= 0.6 is 0 Å². The van der Waals surface area contributed by atoms with E-state index in [-0.39, 0.29) is 0 Å². The molecule has 0 aliphatic heterocycles. The largest absolute Gasteiger partial charge is 0.467 e. The molecule has 5 nitrogen and oxygen atoms in total. The van der Waals surface area contributed by atoms with Gasteiger partial charge in [-0.25, -0.2) is 4.79 Å². The summed E-state index contributed by atoms with van der Waals surface area (Å²) < 4.78 is 6.22. The Bertz CT molecular complexity index is 382. The van der Waals surface area contributed by atoms with E-state index < -0.39 is 17.5 Å². The van der Waals surface area contributed by atoms with Gasteiger partial charge in [-0.2, -0.15) is 5.10 Å². The molecule has 1 aliphatic carbocycles. The van der Waals surface area contributed by atoms with Crippen LogP contribution in [-0.4, -0.2) is 34.1 Å². The summed E-state index contributed by atoms with van der Waals surface area (Å²) in [6.07, 6.45) is 4.05. The van der Waals surface area contributed by atoms with Crippen molar-refractivity contribution in [3.8, 4) is 0 Å². The number of aliphatic hydroxyl groups excluding tert-OH is 1. The van der Waals surface area contributed by atoms with E-state index in [2.05, 4.69) is 9.84 Å². The number of carbonyl (C=O) groups excluding carboxylic acids is 1. The Hall–Kier alpha value is -1.36. The molecule has 0 spiro atoms. The van der Waals surface area contributed by atoms with Crippen LogP contribution in [0.1, 0.15) is 18.4 Å². The van der Waals surface area contributed by atoms with Crippen molar-refractivity contribution < 1.29 is 14.6 Å². The average Bonchev–Trinajstić information content (AvgIpc) is 2.94. The molecule has 82 valence electrons. The third-order valence-electron chi connectivity index (χ3n) is 3.02. The smallest absolute Gasteiger partial charge is 0.335 e. The van der Waals surface area contributed by atoms with E-state index in [4.69, 9.17) is 0 Å². The van der Waals surface area contributed by atoms with E-state index >= 15 is 0 Å². The van der Waals surface area contributed by atoms with Gasteiger partial charge >= 0.3 is 5.97 Å². The third-order valence-corrected chi connectivity index (χ3v) is 3.02. The molecule has 15 heavy (non-hydrogen) atoms. The number of nitrogens with zero attached hydrogens (tertiary/aromatic N) is 2. The van der Waals surface area contributed by atoms with Gasteiger partial charge < -0.3 is 9.84 Å². The topological polar surface area (TPSA) is 64.3 Å². The summed E-state index contributed by atoms with van der Waals surface area (Å²) in [5, 5.41) is 13.9. The molecule has 5 heteroatoms. The number of methoxy groups -OCH3 is 1. The minimum Gasteiger partial charge on any atom is -0.467 e. The van der Waals surface area contributed by atoms with Gasteiger partial charge in [-0.05, 0) is 18.4 Å². The van der Waals surface area contributed by atoms with E-state index in [9.17, 15) is 9.90 Å². The molecule has 1 aromatic heterocycles. The van der Waals surface area contributed by atoms with Gasteiger partial charge in [0.05, 0.1) is 13.3 Å². The van der Waals surface area contributed by atoms with Crippen molar-refractivity contribution in [3.63, 3.8) is 0 Å². The number of aromatic nitrogens is 2. The monoisotopic (exact) mass is 210 g/mol. The predicted molar refractivity (Wildman–Crippen MR) is 52.1 cm³/mol. The Balaban J connectivity index is 2.24. The Morgan fingerprint density at radius 1 is 1.73 bits per heavy atom. The molecular weight excluding hydrogens is 196 g/mol. The summed E-state index contributed by atoms with van der Waals surface area (Å²) >= 11 is 0. The molecule has 1 aromatic rings. The quantitative estimate of drug-likeness (QED) is 0.712. The highest BCUT2D eigenvalue weighted by Gasteiger charge is 2.54. The van der Waals surface area contributed by atoms with Gasteiger partial charge in [0.1, 0.15) is 0 Å². The maximum atomic E-state index is 11.3. The molecule has 0 bridgehead atoms. The molecule has 0 saturated heterocycles. The van der Waals surface area contributed by atoms with Gasteiger partial charge in [-0.1, -0.05) is 0 Å². The van der Waals surface area contributed by atoms with Gasteiger partial charge in [0.25, 0.3) is 0 Å². The second-order valence-electron chi connectivity index (χ2n) is 3.98. The lowest BCUT2D eigenvalue weighted by atomic mass is 9.92. The van der Waals surface area contributed by atoms with Crippen LogP contribution in [0.15, 0.2) is 12.4 Å². The Morgan fingerprint density at radius 2 is 2.40 bits per heavy atom. The number of hydrogen-bond acceptors (Lipinski definition) is 4. The zero-order valence-corrected chi connectivity index (χ0v) is 8.80. The maximum absolute atomic E-state index is 11.3. The number of aliphatic hydroxyl groups is 1. The molecule has 1 aliphatic rings. The number of aryl methyl sites for hydroxylation is 1. The fourth-order valence-corrected chi connectivity index (χ4v) is 1.87. The first kappa shape index (κ1) is 10.2. The Morgan fingerprint density at radius 3 is 2.80 bits per heavy atom. The lowest BCUT2D eigenvalue weighted by molar-refractivity contribution is -0.152. The van der Waals surface area contributed by atoms with Crippen LogP contribution in [0.5, 0.6) is 0 Å². The highest BCUT2D eigenvalue weighted by atomic mass is 16.5. The van der Waals surface area contributed by atoms with Gasteiger partial charge in [0.2, 0.25) is 0 Å². The molecule has 0 amide bonds. The first-order valence-electron chi connectivity index (χ1n) is 4.85. The fourth-order valence-electron chi connectivity index (χ4n) is 1.87. The number of ether oxygens (including phenoxy) is 1. The van der Waals surface area contributed by atoms with Crippen molar-refractivity contribution in [2.45, 2.75) is 24.4 Å². The summed E-state index contributed by atoms with van der Waals surface area (Å²) in [4.78, 5) is 11.3. The second-order valence-corrected chi connectivity index (χ2v) is 3.98. The standard InChI is InChI=1S/C10H14N2O3/c1-12-6-7(5-11-12)10(3-4-10)8(13)9(14)15-2/h5-6,8,13H,3-4H2,1-2H3. The predicted octanol–water partition coefficient (Wildman–Crippen LogP) is -0.0144. The van der Waals surface area contributed by atoms with Crippen LogP contribution in [0.3, 0.4) is 0 Å². The lowest BCUT2D eigenvalue weighted by Crippen LogP contribution is -2.34. The SMILES string of the molecule is COC(=O)C(O)C1(c2cnn(C)c2)CC1. The summed E-state index contributed by atoms with van der Waals surface area (Å²) in [7, 11) is 3.09. The van der Waals surface area contributed by atoms with Crippen molar-refractivity contribution in [1.29, 1.82) is 0 Å². The van der Waals surface area contributed by atoms with Crippen molar-refractivity contribution in [1.82, 2.24) is 9.78 Å². The van der Waals surface area contributed by atoms with Crippen LogP contribution in [0.25, 0.3) is 0 Å². The Kier molecular flexibility index (Phi) is 2.26. The highest BCUT2D eigenvalue weighted by Crippen LogP contribution is 2.51. The van der Waals surface area contributed by atoms with E-state index in [1.165, 1.54) is 7.11 Å².